The summed E-state index contributed by atoms with van der Waals surface area (Å²) in [6.07, 6.45) is 3.96. The van der Waals surface area contributed by atoms with Gasteiger partial charge in [0.15, 0.2) is 5.75 Å². The lowest BCUT2D eigenvalue weighted by Crippen LogP contribution is -2.12. The first-order valence-electron chi connectivity index (χ1n) is 11.3. The Morgan fingerprint density at radius 1 is 0.697 bits per heavy atom. The number of hydrogen-bond acceptors (Lipinski definition) is 7. The van der Waals surface area contributed by atoms with E-state index in [-0.39, 0.29) is 24.4 Å². The number of nitrogen functional groups attached to an aromatic ring is 2. The minimum absolute atomic E-state index is 0.174. The van der Waals surface area contributed by atoms with Gasteiger partial charge in [0, 0.05) is 45.8 Å². The summed E-state index contributed by atoms with van der Waals surface area (Å²) in [5.74, 6) is 1.40. The Hall–Kier alpha value is -1.36. The molecule has 0 bridgehead atoms. The van der Waals surface area contributed by atoms with Crippen LogP contribution in [-0.4, -0.2) is 50.8 Å². The van der Waals surface area contributed by atoms with E-state index in [2.05, 4.69) is 31.9 Å². The second-order valence-electron chi connectivity index (χ2n) is 9.17. The van der Waals surface area contributed by atoms with Gasteiger partial charge in [-0.1, -0.05) is 15.9 Å². The molecule has 9 heteroatoms. The second kappa shape index (κ2) is 8.70. The average molecular weight is 582 g/mol. The molecule has 4 saturated heterocycles. The number of halogens is 2. The fraction of sp³-hybridized carbons (Fsp3) is 0.500. The minimum Gasteiger partial charge on any atom is -0.455 e. The molecule has 4 aliphatic heterocycles. The van der Waals surface area contributed by atoms with Crippen molar-refractivity contribution in [1.82, 2.24) is 0 Å². The van der Waals surface area contributed by atoms with E-state index in [1.54, 1.807) is 0 Å². The van der Waals surface area contributed by atoms with Crippen molar-refractivity contribution in [3.05, 3.63) is 43.3 Å². The standard InChI is InChI=1S/C24H26Br2N2O5/c25-19-1-2-20(16(4-12-8-30-12)15(19)3-11-7-29-11)33-24-18(6-14-10-32-14)17(5-13-9-31-13)21(26)22(27)23(24)28/h1-2,11-14H,3-10,27-28H2. The highest BCUT2D eigenvalue weighted by Gasteiger charge is 2.34. The van der Waals surface area contributed by atoms with E-state index in [4.69, 9.17) is 35.2 Å². The third kappa shape index (κ3) is 4.90. The van der Waals surface area contributed by atoms with Crippen molar-refractivity contribution in [2.45, 2.75) is 50.1 Å². The van der Waals surface area contributed by atoms with Crippen LogP contribution in [0.5, 0.6) is 11.5 Å². The quantitative estimate of drug-likeness (QED) is 0.323. The molecule has 6 rings (SSSR count). The normalized spacial score (nSPS) is 26.8. The molecule has 0 aliphatic carbocycles. The maximum atomic E-state index is 6.67. The molecule has 4 unspecified atom stereocenters. The predicted octanol–water partition coefficient (Wildman–Crippen LogP) is 3.93. The maximum absolute atomic E-state index is 6.67. The molecular formula is C24H26Br2N2O5. The summed E-state index contributed by atoms with van der Waals surface area (Å²) in [6, 6.07) is 4.03. The second-order valence-corrected chi connectivity index (χ2v) is 10.8. The van der Waals surface area contributed by atoms with Crippen molar-refractivity contribution >= 4 is 43.2 Å². The van der Waals surface area contributed by atoms with Crippen molar-refractivity contribution < 1.29 is 23.7 Å². The van der Waals surface area contributed by atoms with E-state index < -0.39 is 0 Å². The molecule has 0 saturated carbocycles. The van der Waals surface area contributed by atoms with E-state index in [1.165, 1.54) is 5.56 Å². The first kappa shape index (κ1) is 22.1. The van der Waals surface area contributed by atoms with Crippen LogP contribution in [0.15, 0.2) is 21.1 Å². The molecule has 4 N–H and O–H groups in total. The molecule has 0 amide bonds. The predicted molar refractivity (Wildman–Crippen MR) is 131 cm³/mol. The van der Waals surface area contributed by atoms with Crippen LogP contribution < -0.4 is 16.2 Å². The number of hydrogen-bond donors (Lipinski definition) is 2. The summed E-state index contributed by atoms with van der Waals surface area (Å²) in [4.78, 5) is 0. The molecule has 0 aromatic heterocycles. The molecule has 4 atom stereocenters. The molecule has 176 valence electrons. The van der Waals surface area contributed by atoms with Gasteiger partial charge in [0.2, 0.25) is 0 Å². The molecule has 2 aromatic carbocycles. The zero-order valence-electron chi connectivity index (χ0n) is 18.1. The van der Waals surface area contributed by atoms with Crippen LogP contribution in [0.2, 0.25) is 0 Å². The lowest BCUT2D eigenvalue weighted by molar-refractivity contribution is 0.392. The van der Waals surface area contributed by atoms with Crippen LogP contribution >= 0.6 is 31.9 Å². The fourth-order valence-electron chi connectivity index (χ4n) is 4.33. The van der Waals surface area contributed by atoms with E-state index in [1.807, 2.05) is 12.1 Å². The summed E-state index contributed by atoms with van der Waals surface area (Å²) in [7, 11) is 0. The summed E-state index contributed by atoms with van der Waals surface area (Å²) >= 11 is 7.42. The van der Waals surface area contributed by atoms with E-state index in [0.717, 1.165) is 83.5 Å². The summed E-state index contributed by atoms with van der Waals surface area (Å²) < 4.78 is 30.7. The van der Waals surface area contributed by atoms with Gasteiger partial charge in [0.1, 0.15) is 5.75 Å². The van der Waals surface area contributed by atoms with Gasteiger partial charge in [0.05, 0.1) is 62.2 Å². The Morgan fingerprint density at radius 3 is 1.73 bits per heavy atom. The van der Waals surface area contributed by atoms with Crippen LogP contribution in [-0.2, 0) is 44.6 Å². The van der Waals surface area contributed by atoms with Crippen molar-refractivity contribution in [3.8, 4) is 11.5 Å². The van der Waals surface area contributed by atoms with Gasteiger partial charge in [-0.2, -0.15) is 0 Å². The van der Waals surface area contributed by atoms with E-state index >= 15 is 0 Å². The van der Waals surface area contributed by atoms with Crippen LogP contribution in [0.3, 0.4) is 0 Å². The van der Waals surface area contributed by atoms with Crippen molar-refractivity contribution in [2.75, 3.05) is 37.9 Å². The van der Waals surface area contributed by atoms with Crippen LogP contribution in [0.25, 0.3) is 0 Å². The average Bonchev–Trinajstić information content (AvgIpc) is 3.62. The van der Waals surface area contributed by atoms with Crippen molar-refractivity contribution in [3.63, 3.8) is 0 Å². The number of nitrogens with two attached hydrogens (primary N) is 2. The Bertz CT molecular complexity index is 1100. The van der Waals surface area contributed by atoms with Gasteiger partial charge >= 0.3 is 0 Å². The van der Waals surface area contributed by atoms with Crippen LogP contribution in [0, 0.1) is 0 Å². The first-order valence-corrected chi connectivity index (χ1v) is 12.9. The van der Waals surface area contributed by atoms with Crippen LogP contribution in [0.1, 0.15) is 22.3 Å². The fourth-order valence-corrected chi connectivity index (χ4v) is 5.48. The number of rotatable bonds is 10. The van der Waals surface area contributed by atoms with Gasteiger partial charge in [-0.25, -0.2) is 0 Å². The molecule has 0 spiro atoms. The Labute approximate surface area is 209 Å². The molecule has 0 radical (unpaired) electrons. The number of ether oxygens (including phenoxy) is 5. The van der Waals surface area contributed by atoms with E-state index in [9.17, 15) is 0 Å². The Kier molecular flexibility index (Phi) is 5.83. The van der Waals surface area contributed by atoms with Crippen molar-refractivity contribution in [1.29, 1.82) is 0 Å². The SMILES string of the molecule is Nc1c(N)c(Oc2ccc(Br)c(CC3CO3)c2CC2CO2)c(CC2CO2)c(CC2CO2)c1Br. The molecule has 4 aliphatic rings. The molecule has 4 heterocycles. The third-order valence-corrected chi connectivity index (χ3v) is 8.20. The molecule has 33 heavy (non-hydrogen) atoms. The minimum atomic E-state index is 0.174. The van der Waals surface area contributed by atoms with E-state index in [0.29, 0.717) is 17.1 Å². The molecule has 4 fully saturated rings. The van der Waals surface area contributed by atoms with Crippen LogP contribution in [0.4, 0.5) is 11.4 Å². The lowest BCUT2D eigenvalue weighted by atomic mass is 9.95. The first-order chi connectivity index (χ1) is 16.0. The van der Waals surface area contributed by atoms with Gasteiger partial charge < -0.3 is 35.2 Å². The van der Waals surface area contributed by atoms with Gasteiger partial charge in [-0.15, -0.1) is 0 Å². The summed E-state index contributed by atoms with van der Waals surface area (Å²) in [5, 5.41) is 0. The highest BCUT2D eigenvalue weighted by molar-refractivity contribution is 9.11. The summed E-state index contributed by atoms with van der Waals surface area (Å²) in [6.45, 7) is 3.08. The number of benzene rings is 2. The highest BCUT2D eigenvalue weighted by atomic mass is 79.9. The topological polar surface area (TPSA) is 111 Å². The third-order valence-electron chi connectivity index (χ3n) is 6.55. The Morgan fingerprint density at radius 2 is 1.18 bits per heavy atom. The monoisotopic (exact) mass is 580 g/mol. The van der Waals surface area contributed by atoms with Gasteiger partial charge in [0.25, 0.3) is 0 Å². The molecular weight excluding hydrogens is 556 g/mol. The molecule has 7 nitrogen and oxygen atoms in total. The lowest BCUT2D eigenvalue weighted by Gasteiger charge is -2.23. The maximum Gasteiger partial charge on any atom is 0.156 e. The van der Waals surface area contributed by atoms with Gasteiger partial charge in [-0.05, 0) is 39.2 Å². The largest absolute Gasteiger partial charge is 0.455 e. The van der Waals surface area contributed by atoms with Crippen molar-refractivity contribution in [2.24, 2.45) is 0 Å². The zero-order valence-corrected chi connectivity index (χ0v) is 21.2. The summed E-state index contributed by atoms with van der Waals surface area (Å²) in [5.41, 5.74) is 18.4. The Balaban J connectivity index is 1.43. The zero-order chi connectivity index (χ0) is 22.7. The van der Waals surface area contributed by atoms with Gasteiger partial charge in [-0.3, -0.25) is 0 Å². The smallest absolute Gasteiger partial charge is 0.156 e. The molecule has 2 aromatic rings. The number of epoxide rings is 4. The number of anilines is 2. The highest BCUT2D eigenvalue weighted by Crippen LogP contribution is 2.47.